The molecule has 0 aromatic carbocycles. The van der Waals surface area contributed by atoms with E-state index in [1.165, 1.54) is 0 Å². The van der Waals surface area contributed by atoms with E-state index in [0.717, 1.165) is 23.1 Å². The summed E-state index contributed by atoms with van der Waals surface area (Å²) < 4.78 is 8.52. The number of amides is 1. The van der Waals surface area contributed by atoms with Gasteiger partial charge in [0.25, 0.3) is 5.91 Å². The van der Waals surface area contributed by atoms with Gasteiger partial charge in [-0.1, -0.05) is 6.92 Å². The van der Waals surface area contributed by atoms with Crippen LogP contribution in [0.4, 0.5) is 0 Å². The fraction of sp³-hybridized carbons (Fsp3) is 0.615. The van der Waals surface area contributed by atoms with E-state index in [1.807, 2.05) is 28.7 Å². The molecular weight excluding hydrogens is 296 g/mol. The van der Waals surface area contributed by atoms with Crippen molar-refractivity contribution in [2.24, 2.45) is 0 Å². The molecule has 1 aromatic rings. The summed E-state index contributed by atoms with van der Waals surface area (Å²) in [5.74, 6) is 0.101. The van der Waals surface area contributed by atoms with E-state index in [2.05, 4.69) is 22.9 Å². The van der Waals surface area contributed by atoms with Gasteiger partial charge in [-0.3, -0.25) is 4.79 Å². The lowest BCUT2D eigenvalue weighted by atomic mass is 10.2. The summed E-state index contributed by atoms with van der Waals surface area (Å²) in [5, 5.41) is 0. The first kappa shape index (κ1) is 13.6. The second kappa shape index (κ2) is 5.89. The van der Waals surface area contributed by atoms with E-state index in [1.54, 1.807) is 0 Å². The molecule has 1 atom stereocenters. The Morgan fingerprint density at radius 3 is 3.00 bits per heavy atom. The second-order valence-electron chi connectivity index (χ2n) is 4.48. The Morgan fingerprint density at radius 1 is 1.56 bits per heavy atom. The summed E-state index contributed by atoms with van der Waals surface area (Å²) in [6.45, 7) is 6.94. The minimum absolute atomic E-state index is 0.101. The summed E-state index contributed by atoms with van der Waals surface area (Å²) in [5.41, 5.74) is 0.751. The van der Waals surface area contributed by atoms with E-state index in [-0.39, 0.29) is 12.0 Å². The van der Waals surface area contributed by atoms with Gasteiger partial charge in [-0.2, -0.15) is 0 Å². The van der Waals surface area contributed by atoms with Crippen LogP contribution in [-0.4, -0.2) is 41.2 Å². The van der Waals surface area contributed by atoms with E-state index in [4.69, 9.17) is 4.74 Å². The molecule has 0 spiro atoms. The van der Waals surface area contributed by atoms with Crippen molar-refractivity contribution in [3.05, 3.63) is 22.4 Å². The number of halogens is 1. The minimum Gasteiger partial charge on any atom is -0.375 e. The lowest BCUT2D eigenvalue weighted by Crippen LogP contribution is -2.45. The molecule has 1 aliphatic rings. The van der Waals surface area contributed by atoms with Crippen molar-refractivity contribution in [1.82, 2.24) is 9.47 Å². The molecule has 100 valence electrons. The molecule has 1 saturated heterocycles. The highest BCUT2D eigenvalue weighted by Gasteiger charge is 2.25. The number of ether oxygens (including phenoxy) is 1. The molecule has 1 fully saturated rings. The van der Waals surface area contributed by atoms with Crippen LogP contribution in [0.5, 0.6) is 0 Å². The molecular formula is C13H19BrN2O2. The van der Waals surface area contributed by atoms with Crippen LogP contribution >= 0.6 is 15.9 Å². The van der Waals surface area contributed by atoms with Crippen LogP contribution < -0.4 is 0 Å². The highest BCUT2D eigenvalue weighted by molar-refractivity contribution is 9.10. The van der Waals surface area contributed by atoms with E-state index < -0.39 is 0 Å². The first-order chi connectivity index (χ1) is 8.65. The van der Waals surface area contributed by atoms with Gasteiger partial charge >= 0.3 is 0 Å². The van der Waals surface area contributed by atoms with Crippen LogP contribution in [0.2, 0.25) is 0 Å². The van der Waals surface area contributed by atoms with Gasteiger partial charge in [-0.15, -0.1) is 0 Å². The largest absolute Gasteiger partial charge is 0.375 e. The normalized spacial score (nSPS) is 20.2. The van der Waals surface area contributed by atoms with Crippen LogP contribution in [0, 0.1) is 0 Å². The fourth-order valence-electron chi connectivity index (χ4n) is 2.23. The Bertz CT molecular complexity index is 431. The van der Waals surface area contributed by atoms with Gasteiger partial charge in [0.2, 0.25) is 0 Å². The Balaban J connectivity index is 2.14. The minimum atomic E-state index is 0.101. The standard InChI is InChI=1S/C13H19BrN2O2/c1-3-11-9-16(5-6-18-11)13(17)12-7-10(14)8-15(12)4-2/h7-8,11H,3-6,9H2,1-2H3. The topological polar surface area (TPSA) is 34.5 Å². The zero-order valence-electron chi connectivity index (χ0n) is 10.9. The van der Waals surface area contributed by atoms with Gasteiger partial charge in [0.05, 0.1) is 12.7 Å². The molecule has 0 saturated carbocycles. The Kier molecular flexibility index (Phi) is 4.45. The zero-order chi connectivity index (χ0) is 13.1. The lowest BCUT2D eigenvalue weighted by Gasteiger charge is -2.32. The van der Waals surface area contributed by atoms with Gasteiger partial charge in [0.1, 0.15) is 5.69 Å². The van der Waals surface area contributed by atoms with Crippen LogP contribution in [0.25, 0.3) is 0 Å². The van der Waals surface area contributed by atoms with Crippen molar-refractivity contribution >= 4 is 21.8 Å². The molecule has 18 heavy (non-hydrogen) atoms. The fourth-order valence-corrected chi connectivity index (χ4v) is 2.69. The number of aryl methyl sites for hydroxylation is 1. The van der Waals surface area contributed by atoms with Gasteiger partial charge in [0.15, 0.2) is 0 Å². The quantitative estimate of drug-likeness (QED) is 0.859. The summed E-state index contributed by atoms with van der Waals surface area (Å²) >= 11 is 3.43. The highest BCUT2D eigenvalue weighted by Crippen LogP contribution is 2.18. The van der Waals surface area contributed by atoms with Crippen molar-refractivity contribution in [2.45, 2.75) is 32.9 Å². The predicted octanol–water partition coefficient (Wildman–Crippen LogP) is 2.52. The van der Waals surface area contributed by atoms with Crippen molar-refractivity contribution in [2.75, 3.05) is 19.7 Å². The molecule has 4 nitrogen and oxygen atoms in total. The van der Waals surface area contributed by atoms with E-state index in [9.17, 15) is 4.79 Å². The van der Waals surface area contributed by atoms with Crippen LogP contribution in [0.3, 0.4) is 0 Å². The van der Waals surface area contributed by atoms with Gasteiger partial charge in [0, 0.05) is 30.3 Å². The van der Waals surface area contributed by atoms with Crippen molar-refractivity contribution in [1.29, 1.82) is 0 Å². The zero-order valence-corrected chi connectivity index (χ0v) is 12.4. The molecule has 0 bridgehead atoms. The SMILES string of the molecule is CCC1CN(C(=O)c2cc(Br)cn2CC)CCO1. The summed E-state index contributed by atoms with van der Waals surface area (Å²) in [4.78, 5) is 14.4. The molecule has 1 aliphatic heterocycles. The van der Waals surface area contributed by atoms with Crippen molar-refractivity contribution in [3.8, 4) is 0 Å². The Hall–Kier alpha value is -0.810. The molecule has 5 heteroatoms. The Morgan fingerprint density at radius 2 is 2.33 bits per heavy atom. The maximum absolute atomic E-state index is 12.5. The van der Waals surface area contributed by atoms with Crippen molar-refractivity contribution in [3.63, 3.8) is 0 Å². The third-order valence-corrected chi connectivity index (χ3v) is 3.74. The summed E-state index contributed by atoms with van der Waals surface area (Å²) in [7, 11) is 0. The Labute approximate surface area is 116 Å². The molecule has 0 N–H and O–H groups in total. The molecule has 0 radical (unpaired) electrons. The molecule has 1 amide bonds. The number of hydrogen-bond donors (Lipinski definition) is 0. The highest BCUT2D eigenvalue weighted by atomic mass is 79.9. The molecule has 2 rings (SSSR count). The number of rotatable bonds is 3. The molecule has 1 unspecified atom stereocenters. The number of carbonyl (C=O) groups excluding carboxylic acids is 1. The smallest absolute Gasteiger partial charge is 0.270 e. The van der Waals surface area contributed by atoms with Gasteiger partial charge in [-0.25, -0.2) is 0 Å². The number of aromatic nitrogens is 1. The van der Waals surface area contributed by atoms with Crippen LogP contribution in [-0.2, 0) is 11.3 Å². The summed E-state index contributed by atoms with van der Waals surface area (Å²) in [6.07, 6.45) is 3.07. The maximum atomic E-state index is 12.5. The van der Waals surface area contributed by atoms with Gasteiger partial charge in [-0.05, 0) is 35.3 Å². The molecule has 0 aliphatic carbocycles. The average molecular weight is 315 g/mol. The second-order valence-corrected chi connectivity index (χ2v) is 5.40. The van der Waals surface area contributed by atoms with E-state index in [0.29, 0.717) is 19.7 Å². The first-order valence-electron chi connectivity index (χ1n) is 6.42. The monoisotopic (exact) mass is 314 g/mol. The van der Waals surface area contributed by atoms with Crippen LogP contribution in [0.1, 0.15) is 30.8 Å². The third kappa shape index (κ3) is 2.78. The predicted molar refractivity (Wildman–Crippen MR) is 73.7 cm³/mol. The van der Waals surface area contributed by atoms with Crippen molar-refractivity contribution < 1.29 is 9.53 Å². The average Bonchev–Trinajstić information content (AvgIpc) is 2.79. The maximum Gasteiger partial charge on any atom is 0.270 e. The number of morpholine rings is 1. The number of nitrogens with zero attached hydrogens (tertiary/aromatic N) is 2. The first-order valence-corrected chi connectivity index (χ1v) is 7.21. The third-order valence-electron chi connectivity index (χ3n) is 3.30. The summed E-state index contributed by atoms with van der Waals surface area (Å²) in [6, 6.07) is 1.89. The number of hydrogen-bond acceptors (Lipinski definition) is 2. The lowest BCUT2D eigenvalue weighted by molar-refractivity contribution is -0.0229. The number of carbonyl (C=O) groups is 1. The molecule has 2 heterocycles. The van der Waals surface area contributed by atoms with Crippen LogP contribution in [0.15, 0.2) is 16.7 Å². The van der Waals surface area contributed by atoms with Gasteiger partial charge < -0.3 is 14.2 Å². The van der Waals surface area contributed by atoms with E-state index >= 15 is 0 Å². The molecule has 1 aromatic heterocycles.